The van der Waals surface area contributed by atoms with Gasteiger partial charge >= 0.3 is 6.18 Å². The van der Waals surface area contributed by atoms with Crippen LogP contribution in [0, 0.1) is 0 Å². The van der Waals surface area contributed by atoms with Crippen molar-refractivity contribution in [3.05, 3.63) is 65.6 Å². The number of nitrogens with zero attached hydrogens (tertiary/aromatic N) is 4. The SMILES string of the molecule is CN=C(NCCc1noc(-c2ccccn2)n1)NC(C)c1cccc(C(F)(F)F)c1. The van der Waals surface area contributed by atoms with Crippen molar-refractivity contribution >= 4 is 5.96 Å². The second-order valence-electron chi connectivity index (χ2n) is 6.47. The number of hydrogen-bond donors (Lipinski definition) is 2. The maximum atomic E-state index is 12.9. The zero-order valence-corrected chi connectivity index (χ0v) is 16.4. The maximum absolute atomic E-state index is 12.9. The van der Waals surface area contributed by atoms with Crippen molar-refractivity contribution in [1.82, 2.24) is 25.8 Å². The molecule has 2 heterocycles. The second kappa shape index (κ2) is 9.38. The zero-order chi connectivity index (χ0) is 21.6. The molecular formula is C20H21F3N6O. The van der Waals surface area contributed by atoms with Crippen LogP contribution in [-0.2, 0) is 12.6 Å². The van der Waals surface area contributed by atoms with Crippen molar-refractivity contribution in [2.75, 3.05) is 13.6 Å². The fourth-order valence-electron chi connectivity index (χ4n) is 2.71. The molecule has 0 saturated heterocycles. The summed E-state index contributed by atoms with van der Waals surface area (Å²) >= 11 is 0. The van der Waals surface area contributed by atoms with Gasteiger partial charge in [0.15, 0.2) is 11.8 Å². The molecule has 0 spiro atoms. The Kier molecular flexibility index (Phi) is 6.65. The van der Waals surface area contributed by atoms with Crippen molar-refractivity contribution in [3.8, 4) is 11.6 Å². The molecule has 0 fully saturated rings. The summed E-state index contributed by atoms with van der Waals surface area (Å²) in [5.41, 5.74) is 0.417. The average Bonchev–Trinajstić information content (AvgIpc) is 3.22. The maximum Gasteiger partial charge on any atom is 0.416 e. The number of halogens is 3. The predicted octanol–water partition coefficient (Wildman–Crippen LogP) is 3.62. The van der Waals surface area contributed by atoms with E-state index in [0.29, 0.717) is 41.9 Å². The van der Waals surface area contributed by atoms with Gasteiger partial charge in [0.1, 0.15) is 5.69 Å². The monoisotopic (exact) mass is 418 g/mol. The van der Waals surface area contributed by atoms with Crippen LogP contribution in [0.2, 0.25) is 0 Å². The third-order valence-corrected chi connectivity index (χ3v) is 4.28. The van der Waals surface area contributed by atoms with E-state index in [1.165, 1.54) is 6.07 Å². The Labute approximate surface area is 171 Å². The summed E-state index contributed by atoms with van der Waals surface area (Å²) in [6.45, 7) is 2.22. The molecule has 1 atom stereocenters. The fraction of sp³-hybridized carbons (Fsp3) is 0.300. The van der Waals surface area contributed by atoms with Gasteiger partial charge in [-0.2, -0.15) is 18.2 Å². The molecule has 0 aliphatic rings. The van der Waals surface area contributed by atoms with E-state index in [9.17, 15) is 13.2 Å². The number of alkyl halides is 3. The van der Waals surface area contributed by atoms with Crippen LogP contribution in [0.1, 0.15) is 29.9 Å². The molecule has 0 amide bonds. The highest BCUT2D eigenvalue weighted by Gasteiger charge is 2.30. The third kappa shape index (κ3) is 5.56. The lowest BCUT2D eigenvalue weighted by Gasteiger charge is -2.19. The van der Waals surface area contributed by atoms with Crippen molar-refractivity contribution in [3.63, 3.8) is 0 Å². The van der Waals surface area contributed by atoms with E-state index in [1.54, 1.807) is 38.4 Å². The Morgan fingerprint density at radius 1 is 1.20 bits per heavy atom. The zero-order valence-electron chi connectivity index (χ0n) is 16.4. The molecule has 158 valence electrons. The van der Waals surface area contributed by atoms with Crippen molar-refractivity contribution < 1.29 is 17.7 Å². The Bertz CT molecular complexity index is 987. The van der Waals surface area contributed by atoms with Crippen LogP contribution in [0.15, 0.2) is 58.2 Å². The highest BCUT2D eigenvalue weighted by Crippen LogP contribution is 2.30. The number of guanidine groups is 1. The van der Waals surface area contributed by atoms with Crippen LogP contribution in [0.4, 0.5) is 13.2 Å². The largest absolute Gasteiger partial charge is 0.416 e. The Morgan fingerprint density at radius 2 is 2.03 bits per heavy atom. The van der Waals surface area contributed by atoms with Gasteiger partial charge in [-0.25, -0.2) is 0 Å². The van der Waals surface area contributed by atoms with E-state index in [2.05, 4.69) is 30.8 Å². The Hall–Kier alpha value is -3.43. The molecule has 3 aromatic rings. The van der Waals surface area contributed by atoms with Gasteiger partial charge in [-0.05, 0) is 36.8 Å². The quantitative estimate of drug-likeness (QED) is 0.470. The van der Waals surface area contributed by atoms with Gasteiger partial charge in [0.2, 0.25) is 0 Å². The minimum atomic E-state index is -4.38. The van der Waals surface area contributed by atoms with Crippen molar-refractivity contribution in [2.45, 2.75) is 25.6 Å². The van der Waals surface area contributed by atoms with Gasteiger partial charge in [-0.3, -0.25) is 9.98 Å². The molecule has 0 saturated carbocycles. The molecule has 3 rings (SSSR count). The van der Waals surface area contributed by atoms with Gasteiger partial charge in [-0.1, -0.05) is 23.4 Å². The molecule has 7 nitrogen and oxygen atoms in total. The lowest BCUT2D eigenvalue weighted by atomic mass is 10.1. The number of aromatic nitrogens is 3. The predicted molar refractivity (Wildman–Crippen MR) is 106 cm³/mol. The van der Waals surface area contributed by atoms with E-state index in [1.807, 2.05) is 6.07 Å². The molecule has 2 N–H and O–H groups in total. The summed E-state index contributed by atoms with van der Waals surface area (Å²) in [6, 6.07) is 10.2. The molecule has 0 aliphatic heterocycles. The fourth-order valence-corrected chi connectivity index (χ4v) is 2.71. The summed E-state index contributed by atoms with van der Waals surface area (Å²) in [4.78, 5) is 12.6. The summed E-state index contributed by atoms with van der Waals surface area (Å²) in [7, 11) is 1.59. The van der Waals surface area contributed by atoms with Gasteiger partial charge in [0, 0.05) is 26.2 Å². The first-order chi connectivity index (χ1) is 14.4. The van der Waals surface area contributed by atoms with Crippen molar-refractivity contribution in [1.29, 1.82) is 0 Å². The van der Waals surface area contributed by atoms with E-state index >= 15 is 0 Å². The number of hydrogen-bond acceptors (Lipinski definition) is 5. The molecule has 0 aliphatic carbocycles. The van der Waals surface area contributed by atoms with E-state index in [0.717, 1.165) is 12.1 Å². The highest BCUT2D eigenvalue weighted by molar-refractivity contribution is 5.80. The first-order valence-electron chi connectivity index (χ1n) is 9.25. The van der Waals surface area contributed by atoms with Gasteiger partial charge in [0.25, 0.3) is 5.89 Å². The van der Waals surface area contributed by atoms with Crippen LogP contribution in [0.25, 0.3) is 11.6 Å². The van der Waals surface area contributed by atoms with Crippen LogP contribution in [0.5, 0.6) is 0 Å². The number of rotatable bonds is 6. The van der Waals surface area contributed by atoms with E-state index < -0.39 is 11.7 Å². The number of benzene rings is 1. The average molecular weight is 418 g/mol. The minimum Gasteiger partial charge on any atom is -0.356 e. The highest BCUT2D eigenvalue weighted by atomic mass is 19.4. The molecule has 10 heteroatoms. The lowest BCUT2D eigenvalue weighted by Crippen LogP contribution is -2.39. The number of nitrogens with one attached hydrogen (secondary N) is 2. The third-order valence-electron chi connectivity index (χ3n) is 4.28. The minimum absolute atomic E-state index is 0.339. The molecule has 2 aromatic heterocycles. The molecular weight excluding hydrogens is 397 g/mol. The molecule has 30 heavy (non-hydrogen) atoms. The van der Waals surface area contributed by atoms with Gasteiger partial charge in [0.05, 0.1) is 11.6 Å². The topological polar surface area (TPSA) is 88.2 Å². The smallest absolute Gasteiger partial charge is 0.356 e. The summed E-state index contributed by atoms with van der Waals surface area (Å²) in [6.07, 6.45) is -2.27. The lowest BCUT2D eigenvalue weighted by molar-refractivity contribution is -0.137. The standard InChI is InChI=1S/C20H21F3N6O/c1-13(14-6-5-7-15(12-14)20(21,22)23)27-19(24-2)26-11-9-17-28-18(30-29-17)16-8-3-4-10-25-16/h3-8,10,12-13H,9,11H2,1-2H3,(H2,24,26,27). The first-order valence-corrected chi connectivity index (χ1v) is 9.25. The van der Waals surface area contributed by atoms with E-state index in [4.69, 9.17) is 4.52 Å². The van der Waals surface area contributed by atoms with Crippen molar-refractivity contribution in [2.24, 2.45) is 4.99 Å². The summed E-state index contributed by atoms with van der Waals surface area (Å²) < 4.78 is 44.0. The molecule has 0 bridgehead atoms. The second-order valence-corrected chi connectivity index (χ2v) is 6.47. The first kappa shape index (κ1) is 21.3. The van der Waals surface area contributed by atoms with Crippen LogP contribution in [0.3, 0.4) is 0 Å². The Morgan fingerprint density at radius 3 is 2.73 bits per heavy atom. The Balaban J connectivity index is 1.54. The molecule has 0 radical (unpaired) electrons. The van der Waals surface area contributed by atoms with Gasteiger partial charge < -0.3 is 15.2 Å². The summed E-state index contributed by atoms with van der Waals surface area (Å²) in [5.74, 6) is 1.30. The van der Waals surface area contributed by atoms with Crippen LogP contribution >= 0.6 is 0 Å². The van der Waals surface area contributed by atoms with E-state index in [-0.39, 0.29) is 6.04 Å². The number of pyridine rings is 1. The summed E-state index contributed by atoms with van der Waals surface area (Å²) in [5, 5.41) is 10.1. The molecule has 1 unspecified atom stereocenters. The van der Waals surface area contributed by atoms with Crippen LogP contribution < -0.4 is 10.6 Å². The normalized spacial score (nSPS) is 13.2. The van der Waals surface area contributed by atoms with Gasteiger partial charge in [-0.15, -0.1) is 0 Å². The number of aliphatic imine (C=N–C) groups is 1. The van der Waals surface area contributed by atoms with Crippen LogP contribution in [-0.4, -0.2) is 34.7 Å². The molecule has 1 aromatic carbocycles.